The van der Waals surface area contributed by atoms with E-state index in [9.17, 15) is 4.79 Å². The van der Waals surface area contributed by atoms with Gasteiger partial charge in [0.25, 0.3) is 0 Å². The van der Waals surface area contributed by atoms with Gasteiger partial charge in [-0.1, -0.05) is 6.92 Å². The monoisotopic (exact) mass is 210 g/mol. The lowest BCUT2D eigenvalue weighted by atomic mass is 10.0. The van der Waals surface area contributed by atoms with E-state index in [0.29, 0.717) is 5.91 Å². The van der Waals surface area contributed by atoms with Crippen LogP contribution in [0.3, 0.4) is 0 Å². The molecular formula is C12H22N2O. The highest BCUT2D eigenvalue weighted by atomic mass is 16.2. The molecule has 15 heavy (non-hydrogen) atoms. The van der Waals surface area contributed by atoms with Crippen molar-refractivity contribution < 1.29 is 4.79 Å². The van der Waals surface area contributed by atoms with E-state index in [1.807, 2.05) is 0 Å². The summed E-state index contributed by atoms with van der Waals surface area (Å²) in [6, 6.07) is 0. The average Bonchev–Trinajstić information content (AvgIpc) is 2.67. The van der Waals surface area contributed by atoms with Gasteiger partial charge in [-0.05, 0) is 38.1 Å². The second-order valence-corrected chi connectivity index (χ2v) is 5.05. The van der Waals surface area contributed by atoms with Gasteiger partial charge in [0.15, 0.2) is 0 Å². The SMILES string of the molecule is CC1CCCN(C(=O)[C@H]2CCNC2)CC1. The highest BCUT2D eigenvalue weighted by molar-refractivity contribution is 5.79. The number of nitrogens with one attached hydrogen (secondary N) is 1. The number of carbonyl (C=O) groups excluding carboxylic acids is 1. The van der Waals surface area contributed by atoms with E-state index in [4.69, 9.17) is 0 Å². The van der Waals surface area contributed by atoms with Crippen molar-refractivity contribution in [2.75, 3.05) is 26.2 Å². The summed E-state index contributed by atoms with van der Waals surface area (Å²) in [6.45, 7) is 6.17. The maximum Gasteiger partial charge on any atom is 0.227 e. The Labute approximate surface area is 92.2 Å². The summed E-state index contributed by atoms with van der Waals surface area (Å²) in [5.74, 6) is 1.46. The van der Waals surface area contributed by atoms with Crippen molar-refractivity contribution in [1.29, 1.82) is 0 Å². The lowest BCUT2D eigenvalue weighted by Gasteiger charge is -2.23. The van der Waals surface area contributed by atoms with Crippen molar-refractivity contribution in [1.82, 2.24) is 10.2 Å². The van der Waals surface area contributed by atoms with Gasteiger partial charge < -0.3 is 10.2 Å². The van der Waals surface area contributed by atoms with Crippen LogP contribution >= 0.6 is 0 Å². The zero-order valence-electron chi connectivity index (χ0n) is 9.67. The molecule has 1 unspecified atom stereocenters. The third-order valence-electron chi connectivity index (χ3n) is 3.74. The summed E-state index contributed by atoms with van der Waals surface area (Å²) in [4.78, 5) is 14.2. The van der Waals surface area contributed by atoms with E-state index in [-0.39, 0.29) is 5.92 Å². The predicted molar refractivity (Wildman–Crippen MR) is 60.6 cm³/mol. The first kappa shape index (κ1) is 10.9. The summed E-state index contributed by atoms with van der Waals surface area (Å²) in [7, 11) is 0. The Balaban J connectivity index is 1.88. The molecule has 2 saturated heterocycles. The van der Waals surface area contributed by atoms with Crippen molar-refractivity contribution in [2.24, 2.45) is 11.8 Å². The topological polar surface area (TPSA) is 32.3 Å². The minimum absolute atomic E-state index is 0.262. The van der Waals surface area contributed by atoms with Crippen LogP contribution in [0.15, 0.2) is 0 Å². The van der Waals surface area contributed by atoms with Gasteiger partial charge in [-0.15, -0.1) is 0 Å². The smallest absolute Gasteiger partial charge is 0.227 e. The average molecular weight is 210 g/mol. The minimum Gasteiger partial charge on any atom is -0.342 e. The maximum atomic E-state index is 12.1. The maximum absolute atomic E-state index is 12.1. The van der Waals surface area contributed by atoms with Crippen LogP contribution in [0.25, 0.3) is 0 Å². The quantitative estimate of drug-likeness (QED) is 0.706. The van der Waals surface area contributed by atoms with Gasteiger partial charge in [-0.25, -0.2) is 0 Å². The standard InChI is InChI=1S/C12H22N2O/c1-10-3-2-7-14(8-5-10)12(15)11-4-6-13-9-11/h10-11,13H,2-9H2,1H3/t10?,11-/m0/s1. The lowest BCUT2D eigenvalue weighted by Crippen LogP contribution is -2.37. The Morgan fingerprint density at radius 2 is 2.13 bits per heavy atom. The summed E-state index contributed by atoms with van der Waals surface area (Å²) in [5, 5.41) is 3.27. The van der Waals surface area contributed by atoms with Crippen LogP contribution in [0.5, 0.6) is 0 Å². The number of nitrogens with zero attached hydrogens (tertiary/aromatic N) is 1. The first-order valence-corrected chi connectivity index (χ1v) is 6.27. The molecule has 2 atom stereocenters. The van der Waals surface area contributed by atoms with E-state index in [0.717, 1.165) is 38.5 Å². The third kappa shape index (κ3) is 2.71. The Morgan fingerprint density at radius 1 is 1.27 bits per heavy atom. The Bertz CT molecular complexity index is 224. The molecule has 2 aliphatic heterocycles. The second kappa shape index (κ2) is 4.97. The fourth-order valence-corrected chi connectivity index (χ4v) is 2.61. The van der Waals surface area contributed by atoms with Crippen LogP contribution in [-0.4, -0.2) is 37.0 Å². The van der Waals surface area contributed by atoms with Gasteiger partial charge in [0.2, 0.25) is 5.91 Å². The van der Waals surface area contributed by atoms with Crippen molar-refractivity contribution >= 4 is 5.91 Å². The van der Waals surface area contributed by atoms with Crippen LogP contribution < -0.4 is 5.32 Å². The van der Waals surface area contributed by atoms with Crippen LogP contribution in [0, 0.1) is 11.8 Å². The van der Waals surface area contributed by atoms with Gasteiger partial charge in [-0.3, -0.25) is 4.79 Å². The number of likely N-dealkylation sites (tertiary alicyclic amines) is 1. The molecule has 3 heteroatoms. The van der Waals surface area contributed by atoms with Crippen molar-refractivity contribution in [3.63, 3.8) is 0 Å². The fraction of sp³-hybridized carbons (Fsp3) is 0.917. The van der Waals surface area contributed by atoms with Crippen LogP contribution in [0.4, 0.5) is 0 Å². The Morgan fingerprint density at radius 3 is 2.87 bits per heavy atom. The molecule has 3 nitrogen and oxygen atoms in total. The summed E-state index contributed by atoms with van der Waals surface area (Å²) in [6.07, 6.45) is 4.69. The first-order chi connectivity index (χ1) is 7.27. The molecule has 2 heterocycles. The third-order valence-corrected chi connectivity index (χ3v) is 3.74. The van der Waals surface area contributed by atoms with E-state index in [2.05, 4.69) is 17.1 Å². The van der Waals surface area contributed by atoms with Crippen LogP contribution in [0.2, 0.25) is 0 Å². The molecule has 1 N–H and O–H groups in total. The van der Waals surface area contributed by atoms with Gasteiger partial charge in [-0.2, -0.15) is 0 Å². The number of amides is 1. The molecule has 0 aromatic carbocycles. The molecule has 2 fully saturated rings. The molecule has 1 amide bonds. The van der Waals surface area contributed by atoms with Gasteiger partial charge in [0.05, 0.1) is 5.92 Å². The van der Waals surface area contributed by atoms with Crippen LogP contribution in [-0.2, 0) is 4.79 Å². The van der Waals surface area contributed by atoms with Crippen molar-refractivity contribution in [3.8, 4) is 0 Å². The number of hydrogen-bond donors (Lipinski definition) is 1. The molecule has 0 aromatic heterocycles. The Kier molecular flexibility index (Phi) is 3.62. The molecule has 0 saturated carbocycles. The molecule has 86 valence electrons. The molecular weight excluding hydrogens is 188 g/mol. The normalized spacial score (nSPS) is 32.7. The van der Waals surface area contributed by atoms with Crippen molar-refractivity contribution in [2.45, 2.75) is 32.6 Å². The zero-order valence-corrected chi connectivity index (χ0v) is 9.67. The molecule has 2 rings (SSSR count). The predicted octanol–water partition coefficient (Wildman–Crippen LogP) is 1.24. The molecule has 0 spiro atoms. The Hall–Kier alpha value is -0.570. The second-order valence-electron chi connectivity index (χ2n) is 5.05. The molecule has 0 radical (unpaired) electrons. The van der Waals surface area contributed by atoms with Gasteiger partial charge >= 0.3 is 0 Å². The van der Waals surface area contributed by atoms with Crippen LogP contribution in [0.1, 0.15) is 32.6 Å². The highest BCUT2D eigenvalue weighted by Gasteiger charge is 2.27. The van der Waals surface area contributed by atoms with E-state index in [1.54, 1.807) is 0 Å². The summed E-state index contributed by atoms with van der Waals surface area (Å²) < 4.78 is 0. The number of hydrogen-bond acceptors (Lipinski definition) is 2. The summed E-state index contributed by atoms with van der Waals surface area (Å²) in [5.41, 5.74) is 0. The fourth-order valence-electron chi connectivity index (χ4n) is 2.61. The molecule has 0 bridgehead atoms. The molecule has 0 aromatic rings. The van der Waals surface area contributed by atoms with E-state index < -0.39 is 0 Å². The van der Waals surface area contributed by atoms with Gasteiger partial charge in [0.1, 0.15) is 0 Å². The van der Waals surface area contributed by atoms with Crippen molar-refractivity contribution in [3.05, 3.63) is 0 Å². The lowest BCUT2D eigenvalue weighted by molar-refractivity contribution is -0.134. The highest BCUT2D eigenvalue weighted by Crippen LogP contribution is 2.19. The van der Waals surface area contributed by atoms with E-state index in [1.165, 1.54) is 19.3 Å². The molecule has 2 aliphatic rings. The molecule has 0 aliphatic carbocycles. The summed E-state index contributed by atoms with van der Waals surface area (Å²) >= 11 is 0. The van der Waals surface area contributed by atoms with E-state index >= 15 is 0 Å². The zero-order chi connectivity index (χ0) is 10.7. The first-order valence-electron chi connectivity index (χ1n) is 6.27. The number of rotatable bonds is 1. The number of carbonyl (C=O) groups is 1. The largest absolute Gasteiger partial charge is 0.342 e. The van der Waals surface area contributed by atoms with Gasteiger partial charge in [0, 0.05) is 19.6 Å². The minimum atomic E-state index is 0.262.